The zero-order valence-electron chi connectivity index (χ0n) is 13.4. The highest BCUT2D eigenvalue weighted by Gasteiger charge is 2.25. The molecule has 0 aromatic carbocycles. The van der Waals surface area contributed by atoms with Crippen molar-refractivity contribution < 1.29 is 34.0 Å². The highest BCUT2D eigenvalue weighted by Crippen LogP contribution is 2.24. The van der Waals surface area contributed by atoms with E-state index in [1.165, 1.54) is 9.80 Å². The Morgan fingerprint density at radius 1 is 0.708 bits per heavy atom. The van der Waals surface area contributed by atoms with E-state index >= 15 is 0 Å². The minimum atomic E-state index is -2.52. The van der Waals surface area contributed by atoms with Crippen LogP contribution in [0.5, 0.6) is 0 Å². The second kappa shape index (κ2) is 11.6. The lowest BCUT2D eigenvalue weighted by Gasteiger charge is -2.18. The van der Waals surface area contributed by atoms with Crippen molar-refractivity contribution >= 4 is 8.25 Å². The molecule has 0 unspecified atom stereocenters. The van der Waals surface area contributed by atoms with Gasteiger partial charge in [-0.3, -0.25) is 9.80 Å². The van der Waals surface area contributed by atoms with E-state index in [0.29, 0.717) is 0 Å². The summed E-state index contributed by atoms with van der Waals surface area (Å²) in [5.74, 6) is -0.648. The summed E-state index contributed by atoms with van der Waals surface area (Å²) in [4.78, 5) is 2.79. The lowest BCUT2D eigenvalue weighted by molar-refractivity contribution is 0.0783. The summed E-state index contributed by atoms with van der Waals surface area (Å²) in [5, 5.41) is 36.7. The van der Waals surface area contributed by atoms with Gasteiger partial charge in [0.05, 0.1) is 49.2 Å². The van der Waals surface area contributed by atoms with Gasteiger partial charge in [0.1, 0.15) is 0 Å². The molecule has 4 N–H and O–H groups in total. The van der Waals surface area contributed by atoms with Crippen LogP contribution in [0.15, 0.2) is 49.4 Å². The average Bonchev–Trinajstić information content (AvgIpc) is 2.39. The molecule has 24 heavy (non-hydrogen) atoms. The molecule has 0 rings (SSSR count). The summed E-state index contributed by atoms with van der Waals surface area (Å²) >= 11 is 0. The third kappa shape index (κ3) is 12.6. The molecule has 10 heteroatoms. The van der Waals surface area contributed by atoms with Crippen LogP contribution in [-0.4, -0.2) is 69.9 Å². The van der Waals surface area contributed by atoms with Crippen LogP contribution >= 0.6 is 8.25 Å². The molecule has 0 amide bonds. The monoisotopic (exact) mass is 363 g/mol. The quantitative estimate of drug-likeness (QED) is 0.209. The summed E-state index contributed by atoms with van der Waals surface area (Å²) in [5.41, 5.74) is 0. The topological polar surface area (TPSA) is 123 Å². The molecule has 0 saturated carbocycles. The standard InChI is InChI=1S/C14H23N2O7P/c1-11(17)5-15(6-12(2)18)9-22-24(21)23-10-16(7-13(3)19)8-14(4)20/h1-10H2,(H3-,17,18,19,20)/p+1. The van der Waals surface area contributed by atoms with E-state index in [2.05, 4.69) is 26.3 Å². The van der Waals surface area contributed by atoms with E-state index in [0.717, 1.165) is 0 Å². The highest BCUT2D eigenvalue weighted by atomic mass is 31.1. The van der Waals surface area contributed by atoms with E-state index in [9.17, 15) is 4.57 Å². The molecule has 0 heterocycles. The zero-order valence-corrected chi connectivity index (χ0v) is 14.3. The number of rotatable bonds is 14. The molecule has 0 aromatic heterocycles. The zero-order chi connectivity index (χ0) is 18.7. The summed E-state index contributed by atoms with van der Waals surface area (Å²) in [7, 11) is -2.52. The highest BCUT2D eigenvalue weighted by molar-refractivity contribution is 7.33. The first-order valence-corrected chi connectivity index (χ1v) is 7.84. The Hall–Kier alpha value is -1.90. The van der Waals surface area contributed by atoms with Crippen molar-refractivity contribution in [3.05, 3.63) is 49.4 Å². The van der Waals surface area contributed by atoms with Crippen molar-refractivity contribution in [2.45, 2.75) is 0 Å². The van der Waals surface area contributed by atoms with Gasteiger partial charge in [0, 0.05) is 4.57 Å². The molecule has 0 spiro atoms. The van der Waals surface area contributed by atoms with Gasteiger partial charge in [-0.25, -0.2) is 0 Å². The maximum absolute atomic E-state index is 11.7. The lowest BCUT2D eigenvalue weighted by atomic mass is 10.4. The molecule has 0 aliphatic rings. The normalized spacial score (nSPS) is 10.8. The molecule has 0 bridgehead atoms. The SMILES string of the molecule is C=C(O)CN(CO[P+](=O)OCN(CC(=C)O)CC(=C)O)CC(=C)O. The fraction of sp³-hybridized carbons (Fsp3) is 0.429. The predicted molar refractivity (Wildman–Crippen MR) is 89.7 cm³/mol. The van der Waals surface area contributed by atoms with Gasteiger partial charge in [-0.1, -0.05) is 26.3 Å². The van der Waals surface area contributed by atoms with Crippen LogP contribution in [0.1, 0.15) is 0 Å². The predicted octanol–water partition coefficient (Wildman–Crippen LogP) is 2.48. The van der Waals surface area contributed by atoms with Crippen molar-refractivity contribution in [3.63, 3.8) is 0 Å². The summed E-state index contributed by atoms with van der Waals surface area (Å²) in [6.07, 6.45) is 0. The maximum Gasteiger partial charge on any atom is 0.700 e. The minimum Gasteiger partial charge on any atom is -0.512 e. The van der Waals surface area contributed by atoms with Crippen LogP contribution < -0.4 is 0 Å². The Balaban J connectivity index is 4.37. The summed E-state index contributed by atoms with van der Waals surface area (Å²) in [6, 6.07) is 0. The van der Waals surface area contributed by atoms with Crippen LogP contribution in [0, 0.1) is 0 Å². The third-order valence-electron chi connectivity index (χ3n) is 2.32. The average molecular weight is 363 g/mol. The Bertz CT molecular complexity index is 422. The largest absolute Gasteiger partial charge is 0.700 e. The van der Waals surface area contributed by atoms with E-state index in [1.54, 1.807) is 0 Å². The summed E-state index contributed by atoms with van der Waals surface area (Å²) < 4.78 is 21.7. The van der Waals surface area contributed by atoms with E-state index in [1.807, 2.05) is 0 Å². The molecule has 9 nitrogen and oxygen atoms in total. The molecular weight excluding hydrogens is 339 g/mol. The number of aliphatic hydroxyl groups excluding tert-OH is 4. The van der Waals surface area contributed by atoms with Crippen LogP contribution in [0.2, 0.25) is 0 Å². The van der Waals surface area contributed by atoms with Crippen molar-refractivity contribution in [2.75, 3.05) is 39.6 Å². The second-order valence-electron chi connectivity index (χ2n) is 4.98. The van der Waals surface area contributed by atoms with E-state index in [4.69, 9.17) is 29.5 Å². The van der Waals surface area contributed by atoms with Gasteiger partial charge in [0.15, 0.2) is 13.5 Å². The first-order valence-electron chi connectivity index (χ1n) is 6.75. The molecule has 136 valence electrons. The Morgan fingerprint density at radius 3 is 1.17 bits per heavy atom. The molecule has 0 aliphatic heterocycles. The van der Waals surface area contributed by atoms with Crippen LogP contribution in [-0.2, 0) is 13.6 Å². The smallest absolute Gasteiger partial charge is 0.512 e. The van der Waals surface area contributed by atoms with Gasteiger partial charge in [0.2, 0.25) is 0 Å². The second-order valence-corrected chi connectivity index (χ2v) is 5.94. The van der Waals surface area contributed by atoms with Crippen LogP contribution in [0.25, 0.3) is 0 Å². The molecule has 0 saturated heterocycles. The van der Waals surface area contributed by atoms with Crippen LogP contribution in [0.3, 0.4) is 0 Å². The minimum absolute atomic E-state index is 0.0104. The van der Waals surface area contributed by atoms with Gasteiger partial charge in [-0.05, 0) is 0 Å². The van der Waals surface area contributed by atoms with Gasteiger partial charge < -0.3 is 20.4 Å². The maximum atomic E-state index is 11.7. The fourth-order valence-corrected chi connectivity index (χ4v) is 2.21. The number of aliphatic hydroxyl groups is 4. The van der Waals surface area contributed by atoms with Crippen LogP contribution in [0.4, 0.5) is 0 Å². The first kappa shape index (κ1) is 22.1. The van der Waals surface area contributed by atoms with Gasteiger partial charge in [0.25, 0.3) is 0 Å². The fourth-order valence-electron chi connectivity index (χ4n) is 1.62. The van der Waals surface area contributed by atoms with Crippen molar-refractivity contribution in [2.24, 2.45) is 0 Å². The Morgan fingerprint density at radius 2 is 0.958 bits per heavy atom. The molecule has 0 aromatic rings. The summed E-state index contributed by atoms with van der Waals surface area (Å²) in [6.45, 7) is 12.8. The molecule has 0 radical (unpaired) electrons. The van der Waals surface area contributed by atoms with Gasteiger partial charge in [-0.2, -0.15) is 0 Å². The Kier molecular flexibility index (Phi) is 10.7. The molecular formula is C14H24N2O7P+. The number of hydrogen-bond acceptors (Lipinski definition) is 9. The Labute approximate surface area is 142 Å². The van der Waals surface area contributed by atoms with E-state index in [-0.39, 0.29) is 62.7 Å². The van der Waals surface area contributed by atoms with Crippen molar-refractivity contribution in [1.82, 2.24) is 9.80 Å². The number of hydrogen-bond donors (Lipinski definition) is 4. The van der Waals surface area contributed by atoms with Gasteiger partial charge >= 0.3 is 8.25 Å². The van der Waals surface area contributed by atoms with Crippen molar-refractivity contribution in [3.8, 4) is 0 Å². The van der Waals surface area contributed by atoms with Crippen molar-refractivity contribution in [1.29, 1.82) is 0 Å². The third-order valence-corrected chi connectivity index (χ3v) is 2.97. The lowest BCUT2D eigenvalue weighted by Crippen LogP contribution is -2.30. The van der Waals surface area contributed by atoms with E-state index < -0.39 is 8.25 Å². The first-order chi connectivity index (χ1) is 11.1. The molecule has 0 atom stereocenters. The van der Waals surface area contributed by atoms with Gasteiger partial charge in [-0.15, -0.1) is 9.05 Å². The molecule has 0 aliphatic carbocycles. The molecule has 0 fully saturated rings. The number of nitrogens with zero attached hydrogens (tertiary/aromatic N) is 2.